The van der Waals surface area contributed by atoms with Crippen molar-refractivity contribution in [3.05, 3.63) is 29.0 Å². The SMILES string of the molecule is COCCCOc1cc(C[C@@H](C[C@H]2[C@@H](OC(=O)OC(C)(C)C)C[C@@H](C(C)C)C(=O)[N+]2([O-])COC(C)(C)C)C(C)C)ccc1OC. The van der Waals surface area contributed by atoms with Gasteiger partial charge in [-0.05, 0) is 83.4 Å². The summed E-state index contributed by atoms with van der Waals surface area (Å²) < 4.78 is 32.9. The van der Waals surface area contributed by atoms with Crippen molar-refractivity contribution in [1.82, 2.24) is 0 Å². The van der Waals surface area contributed by atoms with Gasteiger partial charge in [-0.3, -0.25) is 4.65 Å². The second-order valence-electron chi connectivity index (χ2n) is 14.9. The van der Waals surface area contributed by atoms with E-state index in [2.05, 4.69) is 13.8 Å². The molecule has 1 saturated heterocycles. The number of nitrogens with zero attached hydrogens (tertiary/aromatic N) is 1. The molecule has 1 aromatic rings. The van der Waals surface area contributed by atoms with E-state index in [0.29, 0.717) is 37.6 Å². The molecule has 1 unspecified atom stereocenters. The molecule has 0 spiro atoms. The van der Waals surface area contributed by atoms with E-state index < -0.39 is 46.0 Å². The second kappa shape index (κ2) is 16.4. The fourth-order valence-corrected chi connectivity index (χ4v) is 5.62. The molecule has 45 heavy (non-hydrogen) atoms. The van der Waals surface area contributed by atoms with E-state index in [4.69, 9.17) is 28.4 Å². The quantitative estimate of drug-likeness (QED) is 0.0846. The molecule has 1 fully saturated rings. The topological polar surface area (TPSA) is 113 Å². The number of quaternary nitrogens is 1. The molecule has 1 amide bonds. The van der Waals surface area contributed by atoms with Crippen molar-refractivity contribution < 1.29 is 42.7 Å². The molecule has 0 radical (unpaired) electrons. The predicted octanol–water partition coefficient (Wildman–Crippen LogP) is 7.29. The number of rotatable bonds is 15. The normalized spacial score (nSPS) is 23.3. The van der Waals surface area contributed by atoms with Crippen molar-refractivity contribution in [1.29, 1.82) is 0 Å². The Morgan fingerprint density at radius 1 is 1.00 bits per heavy atom. The minimum absolute atomic E-state index is 0.0287. The molecule has 258 valence electrons. The molecule has 1 heterocycles. The number of benzene rings is 1. The van der Waals surface area contributed by atoms with Gasteiger partial charge in [-0.1, -0.05) is 33.8 Å². The fourth-order valence-electron chi connectivity index (χ4n) is 5.62. The highest BCUT2D eigenvalue weighted by atomic mass is 16.7. The lowest BCUT2D eigenvalue weighted by molar-refractivity contribution is -0.865. The fraction of sp³-hybridized carbons (Fsp3) is 0.771. The first-order valence-electron chi connectivity index (χ1n) is 16.3. The summed E-state index contributed by atoms with van der Waals surface area (Å²) in [6.07, 6.45) is 0.282. The van der Waals surface area contributed by atoms with Crippen LogP contribution in [0.25, 0.3) is 0 Å². The summed E-state index contributed by atoms with van der Waals surface area (Å²) in [7, 11) is 3.26. The Morgan fingerprint density at radius 2 is 1.67 bits per heavy atom. The van der Waals surface area contributed by atoms with Crippen LogP contribution in [0.4, 0.5) is 4.79 Å². The van der Waals surface area contributed by atoms with Gasteiger partial charge in [0.05, 0.1) is 25.2 Å². The van der Waals surface area contributed by atoms with Gasteiger partial charge < -0.3 is 33.6 Å². The van der Waals surface area contributed by atoms with Crippen molar-refractivity contribution in [3.8, 4) is 11.5 Å². The van der Waals surface area contributed by atoms with E-state index in [-0.39, 0.29) is 30.9 Å². The van der Waals surface area contributed by atoms with E-state index in [9.17, 15) is 14.8 Å². The zero-order valence-electron chi connectivity index (χ0n) is 29.8. The van der Waals surface area contributed by atoms with Crippen molar-refractivity contribution >= 4 is 12.1 Å². The molecule has 1 aliphatic heterocycles. The number of methoxy groups -OCH3 is 2. The minimum Gasteiger partial charge on any atom is -0.623 e. The number of piperidine rings is 1. The number of hydrogen-bond donors (Lipinski definition) is 0. The Labute approximate surface area is 271 Å². The largest absolute Gasteiger partial charge is 0.623 e. The smallest absolute Gasteiger partial charge is 0.509 e. The van der Waals surface area contributed by atoms with Gasteiger partial charge in [-0.15, -0.1) is 0 Å². The first kappa shape index (κ1) is 38.8. The Hall–Kier alpha value is -2.40. The van der Waals surface area contributed by atoms with Crippen LogP contribution < -0.4 is 9.47 Å². The third kappa shape index (κ3) is 11.7. The summed E-state index contributed by atoms with van der Waals surface area (Å²) in [6, 6.07) is 4.97. The lowest BCUT2D eigenvalue weighted by Gasteiger charge is -2.54. The van der Waals surface area contributed by atoms with E-state index >= 15 is 0 Å². The molecule has 0 aromatic heterocycles. The number of carbonyl (C=O) groups is 2. The average molecular weight is 638 g/mol. The molecule has 0 saturated carbocycles. The van der Waals surface area contributed by atoms with Gasteiger partial charge in [0, 0.05) is 33.0 Å². The third-order valence-corrected chi connectivity index (χ3v) is 8.24. The van der Waals surface area contributed by atoms with Gasteiger partial charge in [0.25, 0.3) is 0 Å². The second-order valence-corrected chi connectivity index (χ2v) is 14.9. The molecule has 5 atom stereocenters. The molecule has 10 heteroatoms. The number of carbonyl (C=O) groups excluding carboxylic acids is 2. The maximum absolute atomic E-state index is 14.9. The van der Waals surface area contributed by atoms with Crippen molar-refractivity contribution in [2.75, 3.05) is 34.2 Å². The first-order chi connectivity index (χ1) is 20.8. The highest BCUT2D eigenvalue weighted by molar-refractivity contribution is 5.74. The Kier molecular flexibility index (Phi) is 14.2. The van der Waals surface area contributed by atoms with Crippen LogP contribution in [-0.2, 0) is 30.2 Å². The zero-order valence-corrected chi connectivity index (χ0v) is 29.8. The maximum atomic E-state index is 14.9. The van der Waals surface area contributed by atoms with Crippen LogP contribution in [0.2, 0.25) is 0 Å². The van der Waals surface area contributed by atoms with Gasteiger partial charge in [-0.25, -0.2) is 9.59 Å². The number of amides is 1. The molecule has 2 rings (SSSR count). The van der Waals surface area contributed by atoms with Crippen LogP contribution in [-0.4, -0.2) is 74.2 Å². The van der Waals surface area contributed by atoms with Crippen LogP contribution in [0.15, 0.2) is 18.2 Å². The van der Waals surface area contributed by atoms with Crippen molar-refractivity contribution in [2.45, 2.75) is 118 Å². The van der Waals surface area contributed by atoms with Crippen LogP contribution in [0, 0.1) is 28.9 Å². The van der Waals surface area contributed by atoms with E-state index in [0.717, 1.165) is 12.0 Å². The number of likely N-dealkylation sites (tertiary alicyclic amines) is 1. The first-order valence-corrected chi connectivity index (χ1v) is 16.3. The van der Waals surface area contributed by atoms with Gasteiger partial charge in [-0.2, -0.15) is 0 Å². The lowest BCUT2D eigenvalue weighted by Crippen LogP contribution is -2.68. The Bertz CT molecular complexity index is 1090. The maximum Gasteiger partial charge on any atom is 0.509 e. The monoisotopic (exact) mass is 637 g/mol. The predicted molar refractivity (Wildman–Crippen MR) is 174 cm³/mol. The minimum atomic E-state index is -1.22. The van der Waals surface area contributed by atoms with Crippen molar-refractivity contribution in [2.24, 2.45) is 23.7 Å². The molecular formula is C35H59NO9. The van der Waals surface area contributed by atoms with Gasteiger partial charge in [0.15, 0.2) is 24.3 Å². The molecule has 1 aromatic carbocycles. The van der Waals surface area contributed by atoms with E-state index in [1.165, 1.54) is 0 Å². The number of hydroxylamine groups is 3. The number of hydrogen-bond acceptors (Lipinski definition) is 9. The van der Waals surface area contributed by atoms with Crippen LogP contribution in [0.5, 0.6) is 11.5 Å². The van der Waals surface area contributed by atoms with Crippen LogP contribution in [0.1, 0.15) is 94.1 Å². The van der Waals surface area contributed by atoms with Crippen molar-refractivity contribution in [3.63, 3.8) is 0 Å². The highest BCUT2D eigenvalue weighted by Crippen LogP contribution is 2.41. The Morgan fingerprint density at radius 3 is 2.20 bits per heavy atom. The molecular weight excluding hydrogens is 578 g/mol. The Balaban J connectivity index is 2.51. The van der Waals surface area contributed by atoms with Crippen LogP contribution >= 0.6 is 0 Å². The molecule has 0 aliphatic carbocycles. The third-order valence-electron chi connectivity index (χ3n) is 8.24. The highest BCUT2D eigenvalue weighted by Gasteiger charge is 2.54. The van der Waals surface area contributed by atoms with Crippen LogP contribution in [0.3, 0.4) is 0 Å². The van der Waals surface area contributed by atoms with Gasteiger partial charge in [0.1, 0.15) is 11.6 Å². The lowest BCUT2D eigenvalue weighted by atomic mass is 9.76. The molecule has 1 aliphatic rings. The van der Waals surface area contributed by atoms with Gasteiger partial charge in [0.2, 0.25) is 0 Å². The molecule has 10 nitrogen and oxygen atoms in total. The summed E-state index contributed by atoms with van der Waals surface area (Å²) >= 11 is 0. The average Bonchev–Trinajstić information content (AvgIpc) is 2.91. The molecule has 0 N–H and O–H groups in total. The summed E-state index contributed by atoms with van der Waals surface area (Å²) in [4.78, 5) is 27.0. The molecule has 0 bridgehead atoms. The summed E-state index contributed by atoms with van der Waals surface area (Å²) in [5.74, 6) is 0.254. The summed E-state index contributed by atoms with van der Waals surface area (Å²) in [6.45, 7) is 19.6. The summed E-state index contributed by atoms with van der Waals surface area (Å²) in [5.41, 5.74) is -0.406. The van der Waals surface area contributed by atoms with E-state index in [1.54, 1.807) is 35.0 Å². The van der Waals surface area contributed by atoms with E-state index in [1.807, 2.05) is 52.8 Å². The zero-order chi connectivity index (χ0) is 34.2. The van der Waals surface area contributed by atoms with Gasteiger partial charge >= 0.3 is 12.1 Å². The number of ether oxygens (including phenoxy) is 6. The standard InChI is InChI=1S/C35H59NO9/c1-23(2)26(18-25-14-15-29(41-12)31(19-25)42-17-13-16-40-11)20-28-30(44-33(38)45-35(8,9)10)21-27(24(3)4)32(37)36(28,39)22-43-34(5,6)7/h14-15,19,23-24,26-28,30H,13,16-18,20-22H2,1-12H3/t26-,27-,28-,30-,36?/m0/s1. The summed E-state index contributed by atoms with van der Waals surface area (Å²) in [5, 5.41) is 14.9.